The van der Waals surface area contributed by atoms with Crippen molar-refractivity contribution >= 4 is 11.6 Å². The molecule has 108 valence electrons. The van der Waals surface area contributed by atoms with Crippen LogP contribution < -0.4 is 11.1 Å². The molecule has 0 bridgehead atoms. The van der Waals surface area contributed by atoms with Crippen LogP contribution in [0.3, 0.4) is 0 Å². The summed E-state index contributed by atoms with van der Waals surface area (Å²) in [5.74, 6) is 0.0267. The number of hydrogen-bond acceptors (Lipinski definition) is 4. The Bertz CT molecular complexity index is 538. The normalized spacial score (nSPS) is 18.9. The first-order valence-electron chi connectivity index (χ1n) is 6.66. The Hall–Kier alpha value is -1.95. The fourth-order valence-electron chi connectivity index (χ4n) is 2.21. The molecule has 0 saturated heterocycles. The van der Waals surface area contributed by atoms with E-state index in [-0.39, 0.29) is 23.6 Å². The molecule has 6 nitrogen and oxygen atoms in total. The Labute approximate surface area is 117 Å². The maximum absolute atomic E-state index is 12.2. The van der Waals surface area contributed by atoms with E-state index in [4.69, 9.17) is 5.73 Å². The maximum Gasteiger partial charge on any atom is 0.269 e. The van der Waals surface area contributed by atoms with E-state index in [1.54, 1.807) is 26.0 Å². The number of nitrogens with two attached hydrogens (primary N) is 1. The zero-order chi connectivity index (χ0) is 14.9. The van der Waals surface area contributed by atoms with Gasteiger partial charge in [0.2, 0.25) is 5.91 Å². The number of rotatable bonds is 5. The number of carbonyl (C=O) groups is 1. The van der Waals surface area contributed by atoms with Crippen LogP contribution in [0, 0.1) is 16.0 Å². The largest absolute Gasteiger partial charge is 0.348 e. The molecule has 1 saturated carbocycles. The van der Waals surface area contributed by atoms with Crippen molar-refractivity contribution in [1.82, 2.24) is 5.32 Å². The van der Waals surface area contributed by atoms with E-state index in [0.29, 0.717) is 5.56 Å². The lowest BCUT2D eigenvalue weighted by Gasteiger charge is -2.25. The summed E-state index contributed by atoms with van der Waals surface area (Å²) in [4.78, 5) is 22.5. The van der Waals surface area contributed by atoms with Gasteiger partial charge < -0.3 is 11.1 Å². The molecule has 1 amide bonds. The minimum Gasteiger partial charge on any atom is -0.348 e. The second-order valence-corrected chi connectivity index (χ2v) is 5.60. The van der Waals surface area contributed by atoms with Gasteiger partial charge in [0.25, 0.3) is 5.69 Å². The van der Waals surface area contributed by atoms with Crippen molar-refractivity contribution in [2.75, 3.05) is 0 Å². The van der Waals surface area contributed by atoms with Crippen molar-refractivity contribution in [3.8, 4) is 0 Å². The molecular formula is C14H19N3O3. The minimum absolute atomic E-state index is 0.0151. The van der Waals surface area contributed by atoms with E-state index in [0.717, 1.165) is 12.8 Å². The predicted molar refractivity (Wildman–Crippen MR) is 75.0 cm³/mol. The molecule has 20 heavy (non-hydrogen) atoms. The van der Waals surface area contributed by atoms with Crippen LogP contribution in [0.1, 0.15) is 38.3 Å². The van der Waals surface area contributed by atoms with Gasteiger partial charge >= 0.3 is 0 Å². The maximum atomic E-state index is 12.2. The van der Waals surface area contributed by atoms with Crippen LogP contribution in [0.2, 0.25) is 0 Å². The van der Waals surface area contributed by atoms with Crippen LogP contribution in [0.4, 0.5) is 5.69 Å². The second-order valence-electron chi connectivity index (χ2n) is 5.60. The van der Waals surface area contributed by atoms with E-state index >= 15 is 0 Å². The molecule has 0 heterocycles. The summed E-state index contributed by atoms with van der Waals surface area (Å²) in [6.07, 6.45) is 1.96. The molecule has 1 fully saturated rings. The molecule has 6 heteroatoms. The van der Waals surface area contributed by atoms with Crippen molar-refractivity contribution in [3.05, 3.63) is 39.9 Å². The van der Waals surface area contributed by atoms with Gasteiger partial charge in [0.1, 0.15) is 0 Å². The molecule has 0 aromatic heterocycles. The van der Waals surface area contributed by atoms with Gasteiger partial charge in [-0.1, -0.05) is 12.1 Å². The Kier molecular flexibility index (Phi) is 3.76. The Morgan fingerprint density at radius 3 is 2.75 bits per heavy atom. The summed E-state index contributed by atoms with van der Waals surface area (Å²) in [6, 6.07) is 5.94. The third kappa shape index (κ3) is 2.96. The summed E-state index contributed by atoms with van der Waals surface area (Å²) in [5.41, 5.74) is 5.89. The number of nitrogens with zero attached hydrogens (tertiary/aromatic N) is 1. The number of nitrogens with one attached hydrogen (secondary N) is 1. The second kappa shape index (κ2) is 5.20. The number of benzene rings is 1. The van der Waals surface area contributed by atoms with E-state index < -0.39 is 10.5 Å². The summed E-state index contributed by atoms with van der Waals surface area (Å²) < 4.78 is 0. The first-order valence-corrected chi connectivity index (χ1v) is 6.66. The average Bonchev–Trinajstić information content (AvgIpc) is 3.23. The molecule has 0 aliphatic heterocycles. The number of amides is 1. The molecule has 0 spiro atoms. The third-order valence-corrected chi connectivity index (χ3v) is 3.84. The van der Waals surface area contributed by atoms with Gasteiger partial charge in [0.05, 0.1) is 16.5 Å². The Morgan fingerprint density at radius 1 is 1.55 bits per heavy atom. The average molecular weight is 277 g/mol. The molecule has 1 aromatic rings. The zero-order valence-corrected chi connectivity index (χ0v) is 11.6. The van der Waals surface area contributed by atoms with Crippen molar-refractivity contribution in [2.24, 2.45) is 11.7 Å². The van der Waals surface area contributed by atoms with E-state index in [1.807, 2.05) is 0 Å². The number of carbonyl (C=O) groups excluding carboxylic acids is 1. The van der Waals surface area contributed by atoms with Gasteiger partial charge in [-0.3, -0.25) is 14.9 Å². The molecule has 1 aliphatic rings. The molecule has 1 aromatic carbocycles. The van der Waals surface area contributed by atoms with Gasteiger partial charge in [-0.25, -0.2) is 0 Å². The van der Waals surface area contributed by atoms with Crippen LogP contribution in [-0.2, 0) is 4.79 Å². The summed E-state index contributed by atoms with van der Waals surface area (Å²) in [6.45, 7) is 3.53. The standard InChI is InChI=1S/C14H19N3O3/c1-9(10-4-3-5-12(8-10)17(19)20)16-13(18)14(2,15)11-6-7-11/h3-5,8-9,11H,6-7,15H2,1-2H3,(H,16,18). The topological polar surface area (TPSA) is 98.3 Å². The molecule has 3 N–H and O–H groups in total. The lowest BCUT2D eigenvalue weighted by molar-refractivity contribution is -0.384. The highest BCUT2D eigenvalue weighted by Gasteiger charge is 2.44. The number of hydrogen-bond donors (Lipinski definition) is 2. The van der Waals surface area contributed by atoms with Crippen LogP contribution in [0.5, 0.6) is 0 Å². The van der Waals surface area contributed by atoms with Gasteiger partial charge in [0, 0.05) is 12.1 Å². The van der Waals surface area contributed by atoms with E-state index in [2.05, 4.69) is 5.32 Å². The number of non-ortho nitro benzene ring substituents is 1. The van der Waals surface area contributed by atoms with Crippen LogP contribution in [0.25, 0.3) is 0 Å². The Morgan fingerprint density at radius 2 is 2.20 bits per heavy atom. The van der Waals surface area contributed by atoms with Crippen molar-refractivity contribution in [3.63, 3.8) is 0 Å². The SMILES string of the molecule is CC(NC(=O)C(C)(N)C1CC1)c1cccc([N+](=O)[O-])c1. The first-order chi connectivity index (χ1) is 9.32. The fourth-order valence-corrected chi connectivity index (χ4v) is 2.21. The molecule has 1 aliphatic carbocycles. The zero-order valence-electron chi connectivity index (χ0n) is 11.6. The molecule has 2 rings (SSSR count). The first kappa shape index (κ1) is 14.5. The number of nitro benzene ring substituents is 1. The predicted octanol–water partition coefficient (Wildman–Crippen LogP) is 1.90. The van der Waals surface area contributed by atoms with Crippen LogP contribution in [-0.4, -0.2) is 16.4 Å². The van der Waals surface area contributed by atoms with Crippen molar-refractivity contribution in [1.29, 1.82) is 0 Å². The summed E-state index contributed by atoms with van der Waals surface area (Å²) in [7, 11) is 0. The van der Waals surface area contributed by atoms with Crippen LogP contribution in [0.15, 0.2) is 24.3 Å². The fraction of sp³-hybridized carbons (Fsp3) is 0.500. The smallest absolute Gasteiger partial charge is 0.269 e. The van der Waals surface area contributed by atoms with Crippen LogP contribution >= 0.6 is 0 Å². The summed E-state index contributed by atoms with van der Waals surface area (Å²) >= 11 is 0. The lowest BCUT2D eigenvalue weighted by atomic mass is 9.95. The van der Waals surface area contributed by atoms with Crippen molar-refractivity contribution in [2.45, 2.75) is 38.3 Å². The van der Waals surface area contributed by atoms with Gasteiger partial charge in [-0.2, -0.15) is 0 Å². The highest BCUT2D eigenvalue weighted by atomic mass is 16.6. The lowest BCUT2D eigenvalue weighted by Crippen LogP contribution is -2.53. The van der Waals surface area contributed by atoms with Crippen molar-refractivity contribution < 1.29 is 9.72 Å². The van der Waals surface area contributed by atoms with Gasteiger partial charge in [-0.15, -0.1) is 0 Å². The number of nitro groups is 1. The van der Waals surface area contributed by atoms with E-state index in [9.17, 15) is 14.9 Å². The Balaban J connectivity index is 2.08. The quantitative estimate of drug-likeness (QED) is 0.634. The highest BCUT2D eigenvalue weighted by molar-refractivity contribution is 5.86. The minimum atomic E-state index is -0.866. The monoisotopic (exact) mass is 277 g/mol. The molecule has 2 unspecified atom stereocenters. The molecule has 0 radical (unpaired) electrons. The third-order valence-electron chi connectivity index (χ3n) is 3.84. The highest BCUT2D eigenvalue weighted by Crippen LogP contribution is 2.38. The van der Waals surface area contributed by atoms with Gasteiger partial charge in [0.15, 0.2) is 0 Å². The summed E-state index contributed by atoms with van der Waals surface area (Å²) in [5, 5.41) is 13.6. The van der Waals surface area contributed by atoms with Gasteiger partial charge in [-0.05, 0) is 38.2 Å². The molecular weight excluding hydrogens is 258 g/mol. The molecule has 2 atom stereocenters. The van der Waals surface area contributed by atoms with E-state index in [1.165, 1.54) is 12.1 Å².